The lowest BCUT2D eigenvalue weighted by molar-refractivity contribution is -0.0662. The van der Waals surface area contributed by atoms with Gasteiger partial charge in [-0.05, 0) is 23.7 Å². The van der Waals surface area contributed by atoms with Gasteiger partial charge in [-0.3, -0.25) is 37.0 Å². The van der Waals surface area contributed by atoms with Crippen LogP contribution in [0.4, 0.5) is 10.3 Å². The van der Waals surface area contributed by atoms with E-state index < -0.39 is 83.6 Å². The molecule has 3 saturated heterocycles. The Morgan fingerprint density at radius 1 is 0.979 bits per heavy atom. The van der Waals surface area contributed by atoms with E-state index in [0.717, 1.165) is 10.9 Å². The average Bonchev–Trinajstić information content (AvgIpc) is 3.70. The molecule has 0 radical (unpaired) electrons. The molecule has 3 aromatic heterocycles. The average molecular weight is 763 g/mol. The van der Waals surface area contributed by atoms with Crippen LogP contribution in [0.1, 0.15) is 12.5 Å². The summed E-state index contributed by atoms with van der Waals surface area (Å²) in [6.07, 6.45) is -13.1. The first-order valence-electron chi connectivity index (χ1n) is 13.3. The zero-order chi connectivity index (χ0) is 33.6. The Kier molecular flexibility index (Phi) is 8.46. The second-order valence-electron chi connectivity index (χ2n) is 10.5. The molecule has 3 aliphatic rings. The van der Waals surface area contributed by atoms with Gasteiger partial charge >= 0.3 is 15.6 Å². The standard InChI is InChI=1S/C22H21Cl3FN7O12P2/c23-6-1-8-9(2-7(6)24)33(21(25)29-8)20-14(34)16-11(43-20)4-41-46(36,37)44-15-10(3-40-47(38,39)45-16)42-19(12(15)26)32-5-28-13-17(32)30-22(27)31-18(13)35/h1-2,5,10-12,14-16,19-20,34H,3-4H2,(H,36,37)(H,38,39)(H3,27,30,31,35)/t10-,11-,12+,14?,15?,16+,19-,20-/m1/s1. The third-order valence-corrected chi connectivity index (χ3v) is 10.5. The van der Waals surface area contributed by atoms with Crippen molar-refractivity contribution in [1.29, 1.82) is 0 Å². The third-order valence-electron chi connectivity index (χ3n) is 7.56. The van der Waals surface area contributed by atoms with E-state index >= 15 is 4.39 Å². The van der Waals surface area contributed by atoms with Gasteiger partial charge in [0.25, 0.3) is 5.56 Å². The van der Waals surface area contributed by atoms with Gasteiger partial charge in [0.15, 0.2) is 29.8 Å². The van der Waals surface area contributed by atoms with Gasteiger partial charge in [0.05, 0.1) is 40.6 Å². The van der Waals surface area contributed by atoms with Crippen LogP contribution in [-0.4, -0.2) is 93.9 Å². The van der Waals surface area contributed by atoms with Crippen molar-refractivity contribution in [2.24, 2.45) is 0 Å². The Hall–Kier alpha value is -2.26. The van der Waals surface area contributed by atoms with E-state index in [9.17, 15) is 28.8 Å². The largest absolute Gasteiger partial charge is 0.472 e. The van der Waals surface area contributed by atoms with E-state index in [-0.39, 0.29) is 43.5 Å². The Bertz CT molecular complexity index is 2050. The summed E-state index contributed by atoms with van der Waals surface area (Å²) >= 11 is 18.5. The number of alkyl halides is 1. The van der Waals surface area contributed by atoms with Crippen LogP contribution in [-0.2, 0) is 36.7 Å². The van der Waals surface area contributed by atoms with Gasteiger partial charge in [0, 0.05) is 0 Å². The molecule has 3 fully saturated rings. The predicted octanol–water partition coefficient (Wildman–Crippen LogP) is 2.22. The number of H-pyrrole nitrogens is 1. The van der Waals surface area contributed by atoms with Crippen molar-refractivity contribution in [3.05, 3.63) is 44.1 Å². The molecule has 1 aromatic carbocycles. The first kappa shape index (κ1) is 33.2. The molecule has 0 spiro atoms. The lowest BCUT2D eigenvalue weighted by Crippen LogP contribution is -2.38. The van der Waals surface area contributed by atoms with Crippen LogP contribution >= 0.6 is 50.4 Å². The smallest absolute Gasteiger partial charge is 0.386 e. The first-order valence-corrected chi connectivity index (χ1v) is 17.4. The highest BCUT2D eigenvalue weighted by Crippen LogP contribution is 2.54. The SMILES string of the molecule is Nc1nc2c(ncn2[C@@H]2O[C@@H]3COP(=O)(O)O[C@@H]4C(O)[C@H](n5c(Cl)nc6cc(Cl)c(Cl)cc65)O[C@@H]4COP(=O)(O)OC3[C@@H]2F)c(=O)[nH]1. The maximum atomic E-state index is 15.9. The van der Waals surface area contributed by atoms with Crippen LogP contribution in [0.25, 0.3) is 22.2 Å². The summed E-state index contributed by atoms with van der Waals surface area (Å²) in [5.41, 5.74) is 4.96. The molecular formula is C22H21Cl3FN7O12P2. The highest BCUT2D eigenvalue weighted by molar-refractivity contribution is 7.47. The fraction of sp³-hybridized carbons (Fsp3) is 0.455. The number of fused-ring (bicyclic) bond motifs is 4. The van der Waals surface area contributed by atoms with Gasteiger partial charge < -0.3 is 30.1 Å². The Morgan fingerprint density at radius 3 is 2.30 bits per heavy atom. The van der Waals surface area contributed by atoms with Gasteiger partial charge in [-0.15, -0.1) is 0 Å². The summed E-state index contributed by atoms with van der Waals surface area (Å²) in [5, 5.41) is 11.3. The van der Waals surface area contributed by atoms with Crippen LogP contribution < -0.4 is 11.3 Å². The predicted molar refractivity (Wildman–Crippen MR) is 157 cm³/mol. The number of rotatable bonds is 2. The van der Waals surface area contributed by atoms with Crippen molar-refractivity contribution < 1.29 is 56.0 Å². The van der Waals surface area contributed by atoms with E-state index in [2.05, 4.69) is 19.9 Å². The summed E-state index contributed by atoms with van der Waals surface area (Å²) in [5.74, 6) is -0.316. The molecule has 0 amide bonds. The number of imidazole rings is 2. The van der Waals surface area contributed by atoms with Crippen molar-refractivity contribution in [3.8, 4) is 0 Å². The number of hydrogen-bond acceptors (Lipinski definition) is 14. The molecule has 25 heteroatoms. The maximum Gasteiger partial charge on any atom is 0.472 e. The molecule has 4 aromatic rings. The van der Waals surface area contributed by atoms with Crippen LogP contribution in [0.2, 0.25) is 15.3 Å². The highest BCUT2D eigenvalue weighted by Gasteiger charge is 2.54. The quantitative estimate of drug-likeness (QED) is 0.183. The van der Waals surface area contributed by atoms with Crippen molar-refractivity contribution in [2.75, 3.05) is 18.9 Å². The second kappa shape index (κ2) is 12.0. The molecule has 0 aliphatic carbocycles. The first-order chi connectivity index (χ1) is 22.1. The summed E-state index contributed by atoms with van der Waals surface area (Å²) in [6, 6.07) is 2.80. The summed E-state index contributed by atoms with van der Waals surface area (Å²) in [6.45, 7) is -1.83. The fourth-order valence-corrected chi connectivity index (χ4v) is 8.03. The number of hydrogen-bond donors (Lipinski definition) is 5. The zero-order valence-electron chi connectivity index (χ0n) is 23.0. The van der Waals surface area contributed by atoms with E-state index in [4.69, 9.17) is 68.1 Å². The molecule has 10 atom stereocenters. The fourth-order valence-electron chi connectivity index (χ4n) is 5.51. The van der Waals surface area contributed by atoms with Gasteiger partial charge in [0.2, 0.25) is 11.2 Å². The van der Waals surface area contributed by atoms with Crippen LogP contribution in [0.15, 0.2) is 23.3 Å². The van der Waals surface area contributed by atoms with Crippen molar-refractivity contribution in [2.45, 2.75) is 49.1 Å². The highest BCUT2D eigenvalue weighted by atomic mass is 35.5. The normalized spacial score (nSPS) is 36.7. The molecule has 6 N–H and O–H groups in total. The number of aliphatic hydroxyl groups is 1. The van der Waals surface area contributed by atoms with Crippen LogP contribution in [0, 0.1) is 0 Å². The number of aliphatic hydroxyl groups excluding tert-OH is 1. The number of phosphoric ester groups is 2. The number of nitrogens with zero attached hydrogens (tertiary/aromatic N) is 5. The summed E-state index contributed by atoms with van der Waals surface area (Å²) in [7, 11) is -10.3. The van der Waals surface area contributed by atoms with Crippen molar-refractivity contribution in [1.82, 2.24) is 29.1 Å². The molecular weight excluding hydrogens is 742 g/mol. The van der Waals surface area contributed by atoms with Gasteiger partial charge in [0.1, 0.15) is 30.5 Å². The maximum absolute atomic E-state index is 15.9. The number of phosphoric acid groups is 2. The molecule has 4 unspecified atom stereocenters. The Morgan fingerprint density at radius 2 is 1.60 bits per heavy atom. The van der Waals surface area contributed by atoms with Crippen LogP contribution in [0.5, 0.6) is 0 Å². The monoisotopic (exact) mass is 761 g/mol. The molecule has 3 aliphatic heterocycles. The van der Waals surface area contributed by atoms with Crippen LogP contribution in [0.3, 0.4) is 0 Å². The van der Waals surface area contributed by atoms with Gasteiger partial charge in [-0.1, -0.05) is 23.2 Å². The number of nitrogen functional groups attached to an aromatic ring is 1. The Labute approximate surface area is 275 Å². The van der Waals surface area contributed by atoms with E-state index in [0.29, 0.717) is 0 Å². The number of nitrogens with one attached hydrogen (secondary N) is 1. The van der Waals surface area contributed by atoms with Crippen molar-refractivity contribution >= 4 is 78.6 Å². The number of aromatic amines is 1. The number of halogens is 4. The number of ether oxygens (including phenoxy) is 2. The number of benzene rings is 1. The molecule has 47 heavy (non-hydrogen) atoms. The molecule has 0 bridgehead atoms. The zero-order valence-corrected chi connectivity index (χ0v) is 27.1. The minimum Gasteiger partial charge on any atom is -0.386 e. The Balaban J connectivity index is 1.18. The number of aromatic nitrogens is 6. The van der Waals surface area contributed by atoms with E-state index in [1.165, 1.54) is 16.7 Å². The minimum absolute atomic E-state index is 0.110. The minimum atomic E-state index is -5.17. The molecule has 19 nitrogen and oxygen atoms in total. The van der Waals surface area contributed by atoms with E-state index in [1.54, 1.807) is 0 Å². The van der Waals surface area contributed by atoms with E-state index in [1.807, 2.05) is 0 Å². The third kappa shape index (κ3) is 6.00. The molecule has 0 saturated carbocycles. The number of nitrogens with two attached hydrogens (primary N) is 1. The van der Waals surface area contributed by atoms with Gasteiger partial charge in [-0.25, -0.2) is 23.5 Å². The number of anilines is 1. The summed E-state index contributed by atoms with van der Waals surface area (Å²) in [4.78, 5) is 47.6. The van der Waals surface area contributed by atoms with Crippen molar-refractivity contribution in [3.63, 3.8) is 0 Å². The summed E-state index contributed by atoms with van der Waals surface area (Å²) < 4.78 is 76.4. The lowest BCUT2D eigenvalue weighted by Gasteiger charge is -2.27. The van der Waals surface area contributed by atoms with Gasteiger partial charge in [-0.2, -0.15) is 4.98 Å². The lowest BCUT2D eigenvalue weighted by atomic mass is 10.1. The molecule has 7 rings (SSSR count). The molecule has 6 heterocycles. The topological polar surface area (TPSA) is 258 Å². The molecule has 254 valence electrons. The second-order valence-corrected chi connectivity index (χ2v) is 14.5.